The van der Waals surface area contributed by atoms with E-state index in [1.807, 2.05) is 19.9 Å². The molecule has 1 N–H and O–H groups in total. The smallest absolute Gasteiger partial charge is 0.262 e. The highest BCUT2D eigenvalue weighted by Crippen LogP contribution is 2.29. The molecule has 1 aromatic heterocycles. The Labute approximate surface area is 112 Å². The van der Waals surface area contributed by atoms with Crippen molar-refractivity contribution in [1.82, 2.24) is 4.98 Å². The van der Waals surface area contributed by atoms with Gasteiger partial charge in [-0.25, -0.2) is 4.98 Å². The van der Waals surface area contributed by atoms with Crippen LogP contribution in [0.5, 0.6) is 17.4 Å². The van der Waals surface area contributed by atoms with Gasteiger partial charge in [0.25, 0.3) is 5.88 Å². The Kier molecular flexibility index (Phi) is 4.36. The molecule has 4 nitrogen and oxygen atoms in total. The molecular weight excluding hydrogens is 242 g/mol. The van der Waals surface area contributed by atoms with Gasteiger partial charge >= 0.3 is 0 Å². The Hall–Kier alpha value is -2.07. The van der Waals surface area contributed by atoms with Gasteiger partial charge < -0.3 is 14.6 Å². The number of hydrogen-bond donors (Lipinski definition) is 1. The molecule has 0 aliphatic carbocycles. The average molecular weight is 259 g/mol. The highest BCUT2D eigenvalue weighted by Gasteiger charge is 2.08. The summed E-state index contributed by atoms with van der Waals surface area (Å²) in [5.74, 6) is 1.71. The summed E-state index contributed by atoms with van der Waals surface area (Å²) in [5, 5.41) is 8.99. The van der Waals surface area contributed by atoms with E-state index in [1.165, 1.54) is 0 Å². The van der Waals surface area contributed by atoms with Crippen LogP contribution >= 0.6 is 0 Å². The molecule has 0 aliphatic rings. The van der Waals surface area contributed by atoms with Crippen molar-refractivity contribution in [2.45, 2.75) is 26.6 Å². The highest BCUT2D eigenvalue weighted by atomic mass is 16.5. The lowest BCUT2D eigenvalue weighted by Crippen LogP contribution is -2.07. The van der Waals surface area contributed by atoms with Crippen molar-refractivity contribution in [3.63, 3.8) is 0 Å². The molecule has 0 atom stereocenters. The lowest BCUT2D eigenvalue weighted by atomic mass is 10.2. The third kappa shape index (κ3) is 3.69. The summed E-state index contributed by atoms with van der Waals surface area (Å²) < 4.78 is 11.3. The van der Waals surface area contributed by atoms with Crippen molar-refractivity contribution < 1.29 is 14.6 Å². The molecule has 0 saturated carbocycles. The number of rotatable bonds is 5. The van der Waals surface area contributed by atoms with Gasteiger partial charge in [-0.15, -0.1) is 0 Å². The van der Waals surface area contributed by atoms with E-state index in [0.29, 0.717) is 17.4 Å². The molecule has 4 heteroatoms. The summed E-state index contributed by atoms with van der Waals surface area (Å²) in [7, 11) is 0. The molecule has 0 amide bonds. The van der Waals surface area contributed by atoms with E-state index in [-0.39, 0.29) is 12.7 Å². The summed E-state index contributed by atoms with van der Waals surface area (Å²) in [5.41, 5.74) is 0.840. The Morgan fingerprint density at radius 3 is 2.53 bits per heavy atom. The molecule has 1 aromatic carbocycles. The Morgan fingerprint density at radius 1 is 1.16 bits per heavy atom. The van der Waals surface area contributed by atoms with Gasteiger partial charge in [0.1, 0.15) is 5.75 Å². The van der Waals surface area contributed by atoms with E-state index >= 15 is 0 Å². The predicted octanol–water partition coefficient (Wildman–Crippen LogP) is 3.15. The van der Waals surface area contributed by atoms with E-state index in [1.54, 1.807) is 36.5 Å². The zero-order valence-electron chi connectivity index (χ0n) is 11.0. The van der Waals surface area contributed by atoms with Crippen molar-refractivity contribution >= 4 is 0 Å². The topological polar surface area (TPSA) is 51.6 Å². The number of benzene rings is 1. The van der Waals surface area contributed by atoms with E-state index in [4.69, 9.17) is 14.6 Å². The molecule has 0 aliphatic heterocycles. The summed E-state index contributed by atoms with van der Waals surface area (Å²) in [4.78, 5) is 4.17. The second-order valence-corrected chi connectivity index (χ2v) is 4.38. The van der Waals surface area contributed by atoms with Crippen molar-refractivity contribution in [3.05, 3.63) is 48.2 Å². The molecule has 1 heterocycles. The van der Waals surface area contributed by atoms with Crippen molar-refractivity contribution in [1.29, 1.82) is 0 Å². The van der Waals surface area contributed by atoms with Gasteiger partial charge in [0, 0.05) is 6.20 Å². The minimum Gasteiger partial charge on any atom is -0.485 e. The quantitative estimate of drug-likeness (QED) is 0.896. The van der Waals surface area contributed by atoms with Crippen LogP contribution in [0.4, 0.5) is 0 Å². The zero-order valence-corrected chi connectivity index (χ0v) is 11.0. The maximum absolute atomic E-state index is 8.99. The van der Waals surface area contributed by atoms with Crippen LogP contribution in [0, 0.1) is 0 Å². The SMILES string of the molecule is CC(C)Oc1cccnc1Oc1ccc(CO)cc1. The number of aliphatic hydroxyl groups is 1. The standard InChI is InChI=1S/C15H17NO3/c1-11(2)18-14-4-3-9-16-15(14)19-13-7-5-12(10-17)6-8-13/h3-9,11,17H,10H2,1-2H3. The van der Waals surface area contributed by atoms with Crippen LogP contribution in [-0.2, 0) is 6.61 Å². The first-order valence-corrected chi connectivity index (χ1v) is 6.18. The summed E-state index contributed by atoms with van der Waals surface area (Å²) in [6.07, 6.45) is 1.72. The third-order valence-electron chi connectivity index (χ3n) is 2.42. The normalized spacial score (nSPS) is 10.5. The minimum absolute atomic E-state index is 0.0194. The molecule has 19 heavy (non-hydrogen) atoms. The monoisotopic (exact) mass is 259 g/mol. The van der Waals surface area contributed by atoms with Gasteiger partial charge in [-0.1, -0.05) is 12.1 Å². The average Bonchev–Trinajstić information content (AvgIpc) is 2.41. The molecule has 0 bridgehead atoms. The Morgan fingerprint density at radius 2 is 1.89 bits per heavy atom. The molecule has 0 spiro atoms. The van der Waals surface area contributed by atoms with Gasteiger partial charge in [-0.05, 0) is 43.7 Å². The van der Waals surface area contributed by atoms with Gasteiger partial charge in [0.05, 0.1) is 12.7 Å². The van der Waals surface area contributed by atoms with Gasteiger partial charge in [0.2, 0.25) is 0 Å². The van der Waals surface area contributed by atoms with Crippen LogP contribution in [0.25, 0.3) is 0 Å². The first kappa shape index (κ1) is 13.4. The van der Waals surface area contributed by atoms with E-state index in [9.17, 15) is 0 Å². The molecule has 0 radical (unpaired) electrons. The fraction of sp³-hybridized carbons (Fsp3) is 0.267. The van der Waals surface area contributed by atoms with Gasteiger partial charge in [-0.3, -0.25) is 0 Å². The molecule has 2 aromatic rings. The molecule has 0 saturated heterocycles. The predicted molar refractivity (Wildman–Crippen MR) is 72.4 cm³/mol. The number of aromatic nitrogens is 1. The second-order valence-electron chi connectivity index (χ2n) is 4.38. The molecule has 0 fully saturated rings. The number of aliphatic hydroxyl groups excluding tert-OH is 1. The van der Waals surface area contributed by atoms with Gasteiger partial charge in [-0.2, -0.15) is 0 Å². The fourth-order valence-corrected chi connectivity index (χ4v) is 1.57. The summed E-state index contributed by atoms with van der Waals surface area (Å²) in [6, 6.07) is 10.8. The number of nitrogens with zero attached hydrogens (tertiary/aromatic N) is 1. The van der Waals surface area contributed by atoms with Crippen LogP contribution in [0.2, 0.25) is 0 Å². The largest absolute Gasteiger partial charge is 0.485 e. The van der Waals surface area contributed by atoms with E-state index < -0.39 is 0 Å². The van der Waals surface area contributed by atoms with Gasteiger partial charge in [0.15, 0.2) is 5.75 Å². The first-order chi connectivity index (χ1) is 9.19. The molecule has 2 rings (SSSR count). The fourth-order valence-electron chi connectivity index (χ4n) is 1.57. The first-order valence-electron chi connectivity index (χ1n) is 6.18. The Bertz CT molecular complexity index is 523. The third-order valence-corrected chi connectivity index (χ3v) is 2.42. The maximum atomic E-state index is 8.99. The molecular formula is C15H17NO3. The van der Waals surface area contributed by atoms with Crippen LogP contribution < -0.4 is 9.47 Å². The van der Waals surface area contributed by atoms with E-state index in [0.717, 1.165) is 5.56 Å². The number of pyridine rings is 1. The van der Waals surface area contributed by atoms with Crippen LogP contribution in [0.1, 0.15) is 19.4 Å². The second kappa shape index (κ2) is 6.20. The van der Waals surface area contributed by atoms with Crippen molar-refractivity contribution in [3.8, 4) is 17.4 Å². The van der Waals surface area contributed by atoms with Crippen molar-refractivity contribution in [2.75, 3.05) is 0 Å². The molecule has 100 valence electrons. The minimum atomic E-state index is 0.0194. The van der Waals surface area contributed by atoms with E-state index in [2.05, 4.69) is 4.98 Å². The van der Waals surface area contributed by atoms with Crippen molar-refractivity contribution in [2.24, 2.45) is 0 Å². The molecule has 0 unspecified atom stereocenters. The number of ether oxygens (including phenoxy) is 2. The summed E-state index contributed by atoms with van der Waals surface area (Å²) >= 11 is 0. The van der Waals surface area contributed by atoms with Crippen LogP contribution in [0.15, 0.2) is 42.6 Å². The Balaban J connectivity index is 2.17. The lowest BCUT2D eigenvalue weighted by Gasteiger charge is -2.13. The van der Waals surface area contributed by atoms with Crippen LogP contribution in [0.3, 0.4) is 0 Å². The lowest BCUT2D eigenvalue weighted by molar-refractivity contribution is 0.231. The summed E-state index contributed by atoms with van der Waals surface area (Å²) in [6.45, 7) is 3.92. The van der Waals surface area contributed by atoms with Crippen LogP contribution in [-0.4, -0.2) is 16.2 Å². The highest BCUT2D eigenvalue weighted by molar-refractivity contribution is 5.37. The zero-order chi connectivity index (χ0) is 13.7. The number of hydrogen-bond acceptors (Lipinski definition) is 4. The maximum Gasteiger partial charge on any atom is 0.262 e.